The lowest BCUT2D eigenvalue weighted by Gasteiger charge is -2.23. The fourth-order valence-corrected chi connectivity index (χ4v) is 2.77. The topological polar surface area (TPSA) is 82.1 Å². The lowest BCUT2D eigenvalue weighted by Crippen LogP contribution is -2.30. The fraction of sp³-hybridized carbons (Fsp3) is 0.909. The van der Waals surface area contributed by atoms with E-state index in [0.29, 0.717) is 0 Å². The van der Waals surface area contributed by atoms with Gasteiger partial charge in [-0.15, -0.1) is 0 Å². The summed E-state index contributed by atoms with van der Waals surface area (Å²) in [5.74, 6) is -0.297. The zero-order valence-electron chi connectivity index (χ0n) is 11.7. The van der Waals surface area contributed by atoms with Gasteiger partial charge in [0.05, 0.1) is 6.61 Å². The van der Waals surface area contributed by atoms with Crippen LogP contribution in [0.4, 0.5) is 0 Å². The molecule has 1 rings (SSSR count). The van der Waals surface area contributed by atoms with Crippen LogP contribution in [-0.4, -0.2) is 43.3 Å². The average Bonchev–Trinajstić information content (AvgIpc) is 2.55. The third-order valence-electron chi connectivity index (χ3n) is 2.45. The zero-order chi connectivity index (χ0) is 14.8. The highest BCUT2D eigenvalue weighted by atomic mass is 31.2. The number of carbonyl (C=O) groups excluding carboxylic acids is 1. The minimum Gasteiger partial charge on any atom is -0.374 e. The average molecular weight is 290 g/mol. The summed E-state index contributed by atoms with van der Waals surface area (Å²) in [7, 11) is 1.32. The molecule has 0 amide bonds. The molecule has 0 aromatic heterocycles. The van der Waals surface area contributed by atoms with Crippen LogP contribution in [0.15, 0.2) is 0 Å². The van der Waals surface area contributed by atoms with Gasteiger partial charge in [-0.2, -0.15) is 0 Å². The third-order valence-corrected chi connectivity index (χ3v) is 3.45. The minimum atomic E-state index is -4.23. The van der Waals surface area contributed by atoms with E-state index < -0.39 is 26.0 Å². The standard InChI is InChI=1S/C11H20BO6P/c1-7(13)10-8(5-9(12)17-10)18-19(14,15)16-6-11(2,3)4/h8-10H,5-6H2,1-4H3,(H,14,15)/t8?,9-,10-/m1/s1. The lowest BCUT2D eigenvalue weighted by atomic mass is 9.96. The van der Waals surface area contributed by atoms with Gasteiger partial charge in [-0.25, -0.2) is 4.57 Å². The number of ether oxygens (including phenoxy) is 1. The van der Waals surface area contributed by atoms with Crippen LogP contribution in [-0.2, 0) is 23.1 Å². The second kappa shape index (κ2) is 6.06. The molecule has 1 saturated heterocycles. The van der Waals surface area contributed by atoms with E-state index in [9.17, 15) is 14.3 Å². The molecular formula is C11H20BO6P. The Kier molecular flexibility index (Phi) is 5.38. The Labute approximate surface area is 114 Å². The van der Waals surface area contributed by atoms with Crippen LogP contribution in [0, 0.1) is 5.41 Å². The summed E-state index contributed by atoms with van der Waals surface area (Å²) in [6, 6.07) is -0.679. The fourth-order valence-electron chi connectivity index (χ4n) is 1.62. The van der Waals surface area contributed by atoms with Crippen molar-refractivity contribution in [1.82, 2.24) is 0 Å². The summed E-state index contributed by atoms with van der Waals surface area (Å²) < 4.78 is 26.8. The molecule has 0 bridgehead atoms. The molecule has 0 aromatic carbocycles. The highest BCUT2D eigenvalue weighted by Crippen LogP contribution is 2.48. The Morgan fingerprint density at radius 1 is 1.53 bits per heavy atom. The number of phosphoric ester groups is 1. The van der Waals surface area contributed by atoms with Crippen LogP contribution < -0.4 is 0 Å². The molecule has 1 aliphatic heterocycles. The third kappa shape index (κ3) is 5.75. The molecule has 0 aromatic rings. The summed E-state index contributed by atoms with van der Waals surface area (Å²) in [5.41, 5.74) is -0.274. The van der Waals surface area contributed by atoms with Crippen LogP contribution in [0.3, 0.4) is 0 Å². The maximum absolute atomic E-state index is 11.8. The van der Waals surface area contributed by atoms with E-state index in [1.54, 1.807) is 0 Å². The molecule has 1 N–H and O–H groups in total. The van der Waals surface area contributed by atoms with Crippen molar-refractivity contribution in [3.05, 3.63) is 0 Å². The first-order chi connectivity index (χ1) is 8.50. The van der Waals surface area contributed by atoms with Gasteiger partial charge in [0, 0.05) is 6.00 Å². The van der Waals surface area contributed by atoms with E-state index >= 15 is 0 Å². The molecule has 1 aliphatic rings. The monoisotopic (exact) mass is 290 g/mol. The second-order valence-corrected chi connectivity index (χ2v) is 7.29. The highest BCUT2D eigenvalue weighted by Gasteiger charge is 2.41. The SMILES string of the molecule is [B][C@H]1CC(OP(=O)(O)OCC(C)(C)C)[C@@H](C(C)=O)O1. The van der Waals surface area contributed by atoms with Crippen LogP contribution in [0.1, 0.15) is 34.1 Å². The Morgan fingerprint density at radius 2 is 2.11 bits per heavy atom. The largest absolute Gasteiger partial charge is 0.472 e. The minimum absolute atomic E-state index is 0.0607. The smallest absolute Gasteiger partial charge is 0.374 e. The summed E-state index contributed by atoms with van der Waals surface area (Å²) in [6.45, 7) is 6.96. The van der Waals surface area contributed by atoms with E-state index in [-0.39, 0.29) is 24.2 Å². The van der Waals surface area contributed by atoms with Gasteiger partial charge in [-0.05, 0) is 18.8 Å². The van der Waals surface area contributed by atoms with Gasteiger partial charge in [-0.1, -0.05) is 20.8 Å². The molecule has 6 nitrogen and oxygen atoms in total. The molecule has 2 radical (unpaired) electrons. The molecule has 1 heterocycles. The summed E-state index contributed by atoms with van der Waals surface area (Å²) >= 11 is 0. The number of phosphoric acid groups is 1. The van der Waals surface area contributed by atoms with E-state index in [2.05, 4.69) is 0 Å². The molecule has 4 atom stereocenters. The summed E-state index contributed by atoms with van der Waals surface area (Å²) in [5, 5.41) is 0. The van der Waals surface area contributed by atoms with Crippen molar-refractivity contribution in [2.75, 3.05) is 6.61 Å². The van der Waals surface area contributed by atoms with Gasteiger partial charge in [0.1, 0.15) is 20.1 Å². The van der Waals surface area contributed by atoms with Crippen molar-refractivity contribution in [1.29, 1.82) is 0 Å². The number of Topliss-reactive ketones (excluding diaryl/α,β-unsaturated/α-hetero) is 1. The predicted octanol–water partition coefficient (Wildman–Crippen LogP) is 1.41. The molecule has 1 fully saturated rings. The first-order valence-corrected chi connectivity index (χ1v) is 7.57. The molecule has 0 saturated carbocycles. The maximum atomic E-state index is 11.8. The normalized spacial score (nSPS) is 31.1. The number of ketones is 1. The number of hydrogen-bond acceptors (Lipinski definition) is 5. The lowest BCUT2D eigenvalue weighted by molar-refractivity contribution is -0.129. The van der Waals surface area contributed by atoms with Crippen molar-refractivity contribution in [3.8, 4) is 0 Å². The van der Waals surface area contributed by atoms with Crippen LogP contribution in [0.5, 0.6) is 0 Å². The van der Waals surface area contributed by atoms with Crippen molar-refractivity contribution in [3.63, 3.8) is 0 Å². The predicted molar refractivity (Wildman–Crippen MR) is 69.8 cm³/mol. The molecule has 2 unspecified atom stereocenters. The summed E-state index contributed by atoms with van der Waals surface area (Å²) in [6.07, 6.45) is -1.61. The van der Waals surface area contributed by atoms with E-state index in [1.165, 1.54) is 6.92 Å². The summed E-state index contributed by atoms with van der Waals surface area (Å²) in [4.78, 5) is 21.0. The van der Waals surface area contributed by atoms with Gasteiger partial charge in [-0.3, -0.25) is 13.8 Å². The number of rotatable bonds is 5. The second-order valence-electron chi connectivity index (χ2n) is 5.89. The first-order valence-electron chi connectivity index (χ1n) is 6.07. The van der Waals surface area contributed by atoms with Crippen molar-refractivity contribution < 1.29 is 28.0 Å². The van der Waals surface area contributed by atoms with Gasteiger partial charge in [0.15, 0.2) is 5.78 Å². The Morgan fingerprint density at radius 3 is 2.58 bits per heavy atom. The van der Waals surface area contributed by atoms with Crippen LogP contribution in [0.2, 0.25) is 0 Å². The van der Waals surface area contributed by atoms with Gasteiger partial charge in [0.2, 0.25) is 0 Å². The van der Waals surface area contributed by atoms with Crippen LogP contribution >= 0.6 is 7.82 Å². The first kappa shape index (κ1) is 16.9. The number of hydrogen-bond donors (Lipinski definition) is 1. The maximum Gasteiger partial charge on any atom is 0.472 e. The van der Waals surface area contributed by atoms with Crippen molar-refractivity contribution in [2.45, 2.75) is 52.3 Å². The van der Waals surface area contributed by atoms with Crippen LogP contribution in [0.25, 0.3) is 0 Å². The van der Waals surface area contributed by atoms with Crippen molar-refractivity contribution in [2.24, 2.45) is 5.41 Å². The van der Waals surface area contributed by atoms with E-state index in [0.717, 1.165) is 0 Å². The van der Waals surface area contributed by atoms with Crippen molar-refractivity contribution >= 4 is 21.5 Å². The Balaban J connectivity index is 2.61. The van der Waals surface area contributed by atoms with Gasteiger partial charge < -0.3 is 9.63 Å². The Hall–Kier alpha value is -0.195. The van der Waals surface area contributed by atoms with Gasteiger partial charge in [0.25, 0.3) is 0 Å². The zero-order valence-corrected chi connectivity index (χ0v) is 12.6. The Bertz CT molecular complexity index is 380. The molecule has 108 valence electrons. The highest BCUT2D eigenvalue weighted by molar-refractivity contribution is 7.47. The molecule has 0 aliphatic carbocycles. The molecule has 0 spiro atoms. The van der Waals surface area contributed by atoms with E-state index in [1.807, 2.05) is 20.8 Å². The quantitative estimate of drug-likeness (QED) is 0.609. The molecular weight excluding hydrogens is 270 g/mol. The van der Waals surface area contributed by atoms with Gasteiger partial charge >= 0.3 is 7.82 Å². The molecule has 8 heteroatoms. The van der Waals surface area contributed by atoms with E-state index in [4.69, 9.17) is 21.6 Å². The molecule has 19 heavy (non-hydrogen) atoms. The number of carbonyl (C=O) groups is 1.